The van der Waals surface area contributed by atoms with Crippen LogP contribution in [0.5, 0.6) is 5.75 Å². The van der Waals surface area contributed by atoms with Gasteiger partial charge in [0.05, 0.1) is 17.7 Å². The van der Waals surface area contributed by atoms with Gasteiger partial charge in [-0.25, -0.2) is 4.79 Å². The number of carbonyl (C=O) groups excluding carboxylic acids is 1. The van der Waals surface area contributed by atoms with Gasteiger partial charge in [0.2, 0.25) is 0 Å². The molecule has 0 aliphatic carbocycles. The van der Waals surface area contributed by atoms with Gasteiger partial charge in [0.25, 0.3) is 5.91 Å². The van der Waals surface area contributed by atoms with E-state index in [1.54, 1.807) is 6.07 Å². The Balaban J connectivity index is 2.38. The molecule has 2 rings (SSSR count). The molecule has 0 aromatic heterocycles. The lowest BCUT2D eigenvalue weighted by Gasteiger charge is -2.22. The number of hydrogen-bond donors (Lipinski definition) is 1. The molecule has 1 N–H and O–H groups in total. The summed E-state index contributed by atoms with van der Waals surface area (Å²) in [6, 6.07) is 2.43. The first-order chi connectivity index (χ1) is 9.45. The van der Waals surface area contributed by atoms with Gasteiger partial charge in [-0.05, 0) is 47.6 Å². The Labute approximate surface area is 135 Å². The highest BCUT2D eigenvalue weighted by Crippen LogP contribution is 2.31. The lowest BCUT2D eigenvalue weighted by Crippen LogP contribution is -2.40. The molecule has 1 atom stereocenters. The number of halogens is 2. The summed E-state index contributed by atoms with van der Waals surface area (Å²) in [4.78, 5) is 25.1. The third kappa shape index (κ3) is 2.85. The minimum absolute atomic E-state index is 0.297. The van der Waals surface area contributed by atoms with Crippen LogP contribution < -0.4 is 4.74 Å². The number of nitrogens with zero attached hydrogens (tertiary/aromatic N) is 1. The Hall–Kier alpha value is -1.02. The van der Waals surface area contributed by atoms with Crippen molar-refractivity contribution in [3.8, 4) is 5.75 Å². The van der Waals surface area contributed by atoms with E-state index in [2.05, 4.69) is 0 Å². The minimum atomic E-state index is -0.980. The predicted octanol–water partition coefficient (Wildman–Crippen LogP) is 2.64. The monoisotopic (exact) mass is 409 g/mol. The molecule has 5 nitrogen and oxygen atoms in total. The van der Waals surface area contributed by atoms with E-state index in [9.17, 15) is 9.59 Å². The summed E-state index contributed by atoms with van der Waals surface area (Å²) in [7, 11) is 1.47. The quantitative estimate of drug-likeness (QED) is 0.780. The van der Waals surface area contributed by atoms with Crippen LogP contribution >= 0.6 is 34.2 Å². The van der Waals surface area contributed by atoms with E-state index in [1.807, 2.05) is 22.6 Å². The second-order valence-corrected chi connectivity index (χ2v) is 6.03. The lowest BCUT2D eigenvalue weighted by atomic mass is 10.1. The van der Waals surface area contributed by atoms with Crippen molar-refractivity contribution >= 4 is 46.1 Å². The van der Waals surface area contributed by atoms with Gasteiger partial charge in [0, 0.05) is 10.1 Å². The van der Waals surface area contributed by atoms with Gasteiger partial charge in [-0.15, -0.1) is 0 Å². The zero-order valence-electron chi connectivity index (χ0n) is 10.7. The van der Waals surface area contributed by atoms with Gasteiger partial charge >= 0.3 is 5.97 Å². The van der Waals surface area contributed by atoms with Crippen molar-refractivity contribution in [3.63, 3.8) is 0 Å². The summed E-state index contributed by atoms with van der Waals surface area (Å²) < 4.78 is 5.97. The molecule has 1 aromatic rings. The molecular formula is C13H13ClINO4. The topological polar surface area (TPSA) is 66.8 Å². The highest BCUT2D eigenvalue weighted by molar-refractivity contribution is 14.1. The Morgan fingerprint density at radius 1 is 1.50 bits per heavy atom. The average molecular weight is 410 g/mol. The highest BCUT2D eigenvalue weighted by Gasteiger charge is 2.35. The molecule has 7 heteroatoms. The zero-order valence-corrected chi connectivity index (χ0v) is 13.6. The van der Waals surface area contributed by atoms with Crippen LogP contribution in [0.3, 0.4) is 0 Å². The first kappa shape index (κ1) is 15.4. The van der Waals surface area contributed by atoms with Crippen molar-refractivity contribution in [2.75, 3.05) is 13.7 Å². The van der Waals surface area contributed by atoms with Crippen LogP contribution in [0.4, 0.5) is 0 Å². The van der Waals surface area contributed by atoms with Crippen molar-refractivity contribution in [3.05, 3.63) is 26.3 Å². The number of amides is 1. The standard InChI is InChI=1S/C13H13ClINO4/c1-20-11-6-9(15)8(14)5-7(11)12(17)16-4-2-3-10(16)13(18)19/h5-6,10H,2-4H2,1H3,(H,18,19)/t10-/m0/s1. The smallest absolute Gasteiger partial charge is 0.326 e. The maximum absolute atomic E-state index is 12.5. The van der Waals surface area contributed by atoms with Crippen LogP contribution in [0.15, 0.2) is 12.1 Å². The number of carboxylic acid groups (broad SMARTS) is 1. The fourth-order valence-corrected chi connectivity index (χ4v) is 2.89. The number of methoxy groups -OCH3 is 1. The Morgan fingerprint density at radius 2 is 2.20 bits per heavy atom. The molecule has 1 saturated heterocycles. The van der Waals surface area contributed by atoms with Gasteiger partial charge < -0.3 is 14.7 Å². The lowest BCUT2D eigenvalue weighted by molar-refractivity contribution is -0.141. The van der Waals surface area contributed by atoms with E-state index in [-0.39, 0.29) is 5.91 Å². The van der Waals surface area contributed by atoms with Crippen LogP contribution in [0.1, 0.15) is 23.2 Å². The molecule has 0 bridgehead atoms. The SMILES string of the molecule is COc1cc(I)c(Cl)cc1C(=O)N1CCC[C@H]1C(=O)O. The number of ether oxygens (including phenoxy) is 1. The van der Waals surface area contributed by atoms with Crippen LogP contribution in [-0.4, -0.2) is 41.6 Å². The fourth-order valence-electron chi connectivity index (χ4n) is 2.29. The van der Waals surface area contributed by atoms with Gasteiger partial charge in [0.1, 0.15) is 11.8 Å². The average Bonchev–Trinajstić information content (AvgIpc) is 2.90. The summed E-state index contributed by atoms with van der Waals surface area (Å²) in [5.41, 5.74) is 0.297. The van der Waals surface area contributed by atoms with Crippen LogP contribution in [0, 0.1) is 3.57 Å². The normalized spacial score (nSPS) is 18.1. The van der Waals surface area contributed by atoms with Crippen molar-refractivity contribution < 1.29 is 19.4 Å². The molecule has 1 aliphatic heterocycles. The Kier molecular flexibility index (Phi) is 4.74. The van der Waals surface area contributed by atoms with E-state index in [4.69, 9.17) is 21.4 Å². The summed E-state index contributed by atoms with van der Waals surface area (Å²) in [6.07, 6.45) is 1.16. The number of carboxylic acids is 1. The van der Waals surface area contributed by atoms with E-state index in [0.29, 0.717) is 35.7 Å². The van der Waals surface area contributed by atoms with Crippen molar-refractivity contribution in [1.82, 2.24) is 4.90 Å². The molecular weight excluding hydrogens is 397 g/mol. The largest absolute Gasteiger partial charge is 0.496 e. The van der Waals surface area contributed by atoms with Crippen LogP contribution in [0.2, 0.25) is 5.02 Å². The van der Waals surface area contributed by atoms with Gasteiger partial charge in [0.15, 0.2) is 0 Å². The summed E-state index contributed by atoms with van der Waals surface area (Å²) >= 11 is 8.09. The maximum atomic E-state index is 12.5. The molecule has 1 aliphatic rings. The number of aliphatic carboxylic acids is 1. The predicted molar refractivity (Wildman–Crippen MR) is 82.4 cm³/mol. The molecule has 1 fully saturated rings. The maximum Gasteiger partial charge on any atom is 0.326 e. The van der Waals surface area contributed by atoms with Crippen LogP contribution in [-0.2, 0) is 4.79 Å². The molecule has 20 heavy (non-hydrogen) atoms. The number of likely N-dealkylation sites (tertiary alicyclic amines) is 1. The molecule has 0 unspecified atom stereocenters. The van der Waals surface area contributed by atoms with E-state index < -0.39 is 12.0 Å². The fraction of sp³-hybridized carbons (Fsp3) is 0.385. The molecule has 0 radical (unpaired) electrons. The third-order valence-corrected chi connectivity index (χ3v) is 4.80. The first-order valence-electron chi connectivity index (χ1n) is 6.02. The van der Waals surface area contributed by atoms with E-state index in [0.717, 1.165) is 3.57 Å². The highest BCUT2D eigenvalue weighted by atomic mass is 127. The third-order valence-electron chi connectivity index (χ3n) is 3.27. The molecule has 1 heterocycles. The number of hydrogen-bond acceptors (Lipinski definition) is 3. The van der Waals surface area contributed by atoms with Gasteiger partial charge in [-0.2, -0.15) is 0 Å². The van der Waals surface area contributed by atoms with E-state index >= 15 is 0 Å². The van der Waals surface area contributed by atoms with Crippen LogP contribution in [0.25, 0.3) is 0 Å². The van der Waals surface area contributed by atoms with E-state index in [1.165, 1.54) is 18.1 Å². The molecule has 0 saturated carbocycles. The second-order valence-electron chi connectivity index (χ2n) is 4.46. The summed E-state index contributed by atoms with van der Waals surface area (Å²) in [5.74, 6) is -0.934. The van der Waals surface area contributed by atoms with Gasteiger partial charge in [-0.3, -0.25) is 4.79 Å². The first-order valence-corrected chi connectivity index (χ1v) is 7.48. The second kappa shape index (κ2) is 6.17. The number of rotatable bonds is 3. The molecule has 1 aromatic carbocycles. The Bertz CT molecular complexity index is 564. The summed E-state index contributed by atoms with van der Waals surface area (Å²) in [5, 5.41) is 9.60. The van der Waals surface area contributed by atoms with Crippen molar-refractivity contribution in [1.29, 1.82) is 0 Å². The molecule has 1 amide bonds. The number of benzene rings is 1. The van der Waals surface area contributed by atoms with Gasteiger partial charge in [-0.1, -0.05) is 11.6 Å². The molecule has 108 valence electrons. The molecule has 0 spiro atoms. The minimum Gasteiger partial charge on any atom is -0.496 e. The number of carbonyl (C=O) groups is 2. The Morgan fingerprint density at radius 3 is 2.80 bits per heavy atom. The van der Waals surface area contributed by atoms with Crippen molar-refractivity contribution in [2.24, 2.45) is 0 Å². The van der Waals surface area contributed by atoms with Crippen molar-refractivity contribution in [2.45, 2.75) is 18.9 Å². The summed E-state index contributed by atoms with van der Waals surface area (Å²) in [6.45, 7) is 0.433. The zero-order chi connectivity index (χ0) is 14.9.